The van der Waals surface area contributed by atoms with Crippen molar-refractivity contribution in [3.8, 4) is 0 Å². The van der Waals surface area contributed by atoms with Crippen LogP contribution in [0.4, 0.5) is 0 Å². The molecule has 15 heavy (non-hydrogen) atoms. The quantitative estimate of drug-likeness (QED) is 0.488. The molecule has 0 saturated heterocycles. The van der Waals surface area contributed by atoms with Crippen molar-refractivity contribution in [1.29, 1.82) is 0 Å². The average Bonchev–Trinajstić information content (AvgIpc) is 2.25. The molecule has 0 radical (unpaired) electrons. The van der Waals surface area contributed by atoms with E-state index < -0.39 is 0 Å². The Morgan fingerprint density at radius 3 is 2.93 bits per heavy atom. The number of alkyl halides is 1. The fourth-order valence-corrected chi connectivity index (χ4v) is 1.65. The van der Waals surface area contributed by atoms with E-state index in [0.29, 0.717) is 6.54 Å². The number of pyridine rings is 1. The van der Waals surface area contributed by atoms with Crippen LogP contribution in [0.5, 0.6) is 0 Å². The predicted octanol–water partition coefficient (Wildman–Crippen LogP) is 1.32. The van der Waals surface area contributed by atoms with Crippen molar-refractivity contribution in [1.82, 2.24) is 10.3 Å². The zero-order valence-corrected chi connectivity index (χ0v) is 10.4. The third kappa shape index (κ3) is 4.03. The number of carbonyl (C=O) groups excluding carboxylic acids is 1. The van der Waals surface area contributed by atoms with E-state index in [1.54, 1.807) is 0 Å². The Kier molecular flexibility index (Phi) is 5.38. The summed E-state index contributed by atoms with van der Waals surface area (Å²) < 4.78 is 1.08. The van der Waals surface area contributed by atoms with E-state index in [-0.39, 0.29) is 16.9 Å². The van der Waals surface area contributed by atoms with Gasteiger partial charge < -0.3 is 10.3 Å². The van der Waals surface area contributed by atoms with Gasteiger partial charge in [-0.3, -0.25) is 9.59 Å². The second-order valence-corrected chi connectivity index (χ2v) is 4.15. The summed E-state index contributed by atoms with van der Waals surface area (Å²) in [5, 5.41) is 2.71. The van der Waals surface area contributed by atoms with Gasteiger partial charge in [0, 0.05) is 25.0 Å². The first kappa shape index (κ1) is 12.2. The third-order valence-corrected chi connectivity index (χ3v) is 2.68. The molecule has 0 spiro atoms. The molecule has 0 atom stereocenters. The highest BCUT2D eigenvalue weighted by Crippen LogP contribution is 1.93. The lowest BCUT2D eigenvalue weighted by molar-refractivity contribution is 0.0952. The number of hydrogen-bond donors (Lipinski definition) is 2. The zero-order valence-electron chi connectivity index (χ0n) is 8.25. The van der Waals surface area contributed by atoms with Gasteiger partial charge in [-0.05, 0) is 17.3 Å². The van der Waals surface area contributed by atoms with E-state index >= 15 is 0 Å². The molecule has 0 aliphatic rings. The van der Waals surface area contributed by atoms with Gasteiger partial charge in [0.2, 0.25) is 0 Å². The summed E-state index contributed by atoms with van der Waals surface area (Å²) in [5.41, 5.74) is -0.0767. The Hall–Kier alpha value is -0.850. The number of halogens is 1. The van der Waals surface area contributed by atoms with Crippen LogP contribution in [0.15, 0.2) is 23.3 Å². The predicted molar refractivity (Wildman–Crippen MR) is 67.5 cm³/mol. The van der Waals surface area contributed by atoms with Crippen LogP contribution in [0.2, 0.25) is 0 Å². The van der Waals surface area contributed by atoms with Crippen molar-refractivity contribution in [2.45, 2.75) is 12.8 Å². The van der Waals surface area contributed by atoms with Gasteiger partial charge in [0.15, 0.2) is 5.43 Å². The monoisotopic (exact) mass is 320 g/mol. The number of amides is 1. The van der Waals surface area contributed by atoms with E-state index in [2.05, 4.69) is 32.9 Å². The Morgan fingerprint density at radius 1 is 1.47 bits per heavy atom. The molecular weight excluding hydrogens is 307 g/mol. The summed E-state index contributed by atoms with van der Waals surface area (Å²) in [7, 11) is 0. The molecule has 5 heteroatoms. The number of aromatic amines is 1. The molecule has 0 unspecified atom stereocenters. The second-order valence-electron chi connectivity index (χ2n) is 3.07. The lowest BCUT2D eigenvalue weighted by atomic mass is 10.2. The summed E-state index contributed by atoms with van der Waals surface area (Å²) in [4.78, 5) is 25.5. The van der Waals surface area contributed by atoms with E-state index in [1.165, 1.54) is 18.5 Å². The zero-order chi connectivity index (χ0) is 11.1. The Labute approximate surface area is 102 Å². The van der Waals surface area contributed by atoms with Crippen molar-refractivity contribution in [3.63, 3.8) is 0 Å². The standard InChI is InChI=1S/C10H13IN2O2/c11-4-1-2-5-13-10(15)8-7-12-6-3-9(8)14/h3,6-7H,1-2,4-5H2,(H,12,14)(H,13,15). The van der Waals surface area contributed by atoms with Gasteiger partial charge in [0.05, 0.1) is 0 Å². The first-order valence-electron chi connectivity index (χ1n) is 4.77. The summed E-state index contributed by atoms with van der Waals surface area (Å²) in [5.74, 6) is -0.301. The summed E-state index contributed by atoms with van der Waals surface area (Å²) in [6, 6.07) is 1.35. The topological polar surface area (TPSA) is 62.0 Å². The minimum atomic E-state index is -0.301. The van der Waals surface area contributed by atoms with Crippen LogP contribution >= 0.6 is 22.6 Å². The molecule has 0 bridgehead atoms. The molecule has 0 aromatic carbocycles. The molecule has 1 amide bonds. The minimum Gasteiger partial charge on any atom is -0.367 e. The highest BCUT2D eigenvalue weighted by molar-refractivity contribution is 14.1. The maximum Gasteiger partial charge on any atom is 0.256 e. The second kappa shape index (κ2) is 6.60. The molecule has 0 aliphatic carbocycles. The lowest BCUT2D eigenvalue weighted by Gasteiger charge is -2.03. The van der Waals surface area contributed by atoms with Gasteiger partial charge in [-0.25, -0.2) is 0 Å². The number of carbonyl (C=O) groups is 1. The molecule has 0 aliphatic heterocycles. The molecule has 0 saturated carbocycles. The average molecular weight is 320 g/mol. The van der Waals surface area contributed by atoms with Crippen molar-refractivity contribution in [2.75, 3.05) is 11.0 Å². The smallest absolute Gasteiger partial charge is 0.256 e. The number of hydrogen-bond acceptors (Lipinski definition) is 2. The summed E-state index contributed by atoms with van der Waals surface area (Å²) in [6.45, 7) is 0.621. The maximum absolute atomic E-state index is 11.5. The fraction of sp³-hybridized carbons (Fsp3) is 0.400. The largest absolute Gasteiger partial charge is 0.367 e. The van der Waals surface area contributed by atoms with Gasteiger partial charge >= 0.3 is 0 Å². The molecule has 1 heterocycles. The summed E-state index contributed by atoms with van der Waals surface area (Å²) in [6.07, 6.45) is 4.95. The number of aromatic nitrogens is 1. The molecule has 1 aromatic rings. The van der Waals surface area contributed by atoms with Crippen molar-refractivity contribution < 1.29 is 4.79 Å². The number of unbranched alkanes of at least 4 members (excludes halogenated alkanes) is 1. The first-order valence-corrected chi connectivity index (χ1v) is 6.29. The molecule has 1 rings (SSSR count). The highest BCUT2D eigenvalue weighted by Gasteiger charge is 2.07. The number of H-pyrrole nitrogens is 1. The van der Waals surface area contributed by atoms with Crippen molar-refractivity contribution >= 4 is 28.5 Å². The van der Waals surface area contributed by atoms with E-state index in [0.717, 1.165) is 17.3 Å². The Balaban J connectivity index is 2.48. The maximum atomic E-state index is 11.5. The molecule has 2 N–H and O–H groups in total. The fourth-order valence-electron chi connectivity index (χ4n) is 1.11. The van der Waals surface area contributed by atoms with E-state index in [9.17, 15) is 9.59 Å². The van der Waals surface area contributed by atoms with Crippen LogP contribution in [0, 0.1) is 0 Å². The van der Waals surface area contributed by atoms with Crippen LogP contribution in [-0.4, -0.2) is 21.9 Å². The first-order chi connectivity index (χ1) is 7.25. The van der Waals surface area contributed by atoms with Crippen LogP contribution < -0.4 is 10.7 Å². The SMILES string of the molecule is O=C(NCCCCI)c1c[nH]ccc1=O. The molecule has 1 aromatic heterocycles. The third-order valence-electron chi connectivity index (χ3n) is 1.91. The molecule has 0 fully saturated rings. The van der Waals surface area contributed by atoms with Crippen molar-refractivity contribution in [3.05, 3.63) is 34.2 Å². The Morgan fingerprint density at radius 2 is 2.27 bits per heavy atom. The number of nitrogens with one attached hydrogen (secondary N) is 2. The van der Waals surface area contributed by atoms with Gasteiger partial charge in [-0.1, -0.05) is 22.6 Å². The normalized spacial score (nSPS) is 9.93. The van der Waals surface area contributed by atoms with Gasteiger partial charge in [0.1, 0.15) is 5.56 Å². The molecular formula is C10H13IN2O2. The van der Waals surface area contributed by atoms with Crippen LogP contribution in [0.1, 0.15) is 23.2 Å². The lowest BCUT2D eigenvalue weighted by Crippen LogP contribution is -2.29. The van der Waals surface area contributed by atoms with Gasteiger partial charge in [0.25, 0.3) is 5.91 Å². The van der Waals surface area contributed by atoms with Crippen molar-refractivity contribution in [2.24, 2.45) is 0 Å². The molecule has 82 valence electrons. The van der Waals surface area contributed by atoms with Crippen LogP contribution in [-0.2, 0) is 0 Å². The number of rotatable bonds is 5. The van der Waals surface area contributed by atoms with Gasteiger partial charge in [-0.15, -0.1) is 0 Å². The minimum absolute atomic E-state index is 0.173. The van der Waals surface area contributed by atoms with Crippen LogP contribution in [0.25, 0.3) is 0 Å². The van der Waals surface area contributed by atoms with Gasteiger partial charge in [-0.2, -0.15) is 0 Å². The molecule has 4 nitrogen and oxygen atoms in total. The highest BCUT2D eigenvalue weighted by atomic mass is 127. The summed E-state index contributed by atoms with van der Waals surface area (Å²) >= 11 is 2.29. The van der Waals surface area contributed by atoms with E-state index in [1.807, 2.05) is 0 Å². The van der Waals surface area contributed by atoms with E-state index in [4.69, 9.17) is 0 Å². The van der Waals surface area contributed by atoms with Crippen LogP contribution in [0.3, 0.4) is 0 Å². The Bertz CT molecular complexity index is 376.